The van der Waals surface area contributed by atoms with Crippen molar-refractivity contribution in [2.45, 2.75) is 45.4 Å². The summed E-state index contributed by atoms with van der Waals surface area (Å²) in [5.41, 5.74) is 2.02. The highest BCUT2D eigenvalue weighted by molar-refractivity contribution is 5.98. The summed E-state index contributed by atoms with van der Waals surface area (Å²) < 4.78 is 1.36. The molecule has 1 aliphatic rings. The molecule has 134 valence electrons. The zero-order chi connectivity index (χ0) is 18.2. The maximum Gasteiger partial charge on any atom is 0.272 e. The number of hydrogen-bond acceptors (Lipinski definition) is 5. The Balaban J connectivity index is 1.68. The number of fused-ring (bicyclic) bond motifs is 1. The van der Waals surface area contributed by atoms with Gasteiger partial charge in [0.2, 0.25) is 0 Å². The molecule has 2 aromatic rings. The van der Waals surface area contributed by atoms with Crippen LogP contribution in [0.15, 0.2) is 12.1 Å². The molecular formula is C16H22N6O3. The normalized spacial score (nSPS) is 17.6. The number of rotatable bonds is 3. The maximum absolute atomic E-state index is 12.3. The zero-order valence-corrected chi connectivity index (χ0v) is 14.5. The molecule has 0 aromatic carbocycles. The Hall–Kier alpha value is -2.68. The van der Waals surface area contributed by atoms with E-state index in [4.69, 9.17) is 0 Å². The lowest BCUT2D eigenvalue weighted by Gasteiger charge is -2.13. The van der Waals surface area contributed by atoms with Gasteiger partial charge in [-0.3, -0.25) is 19.4 Å². The van der Waals surface area contributed by atoms with E-state index in [0.717, 1.165) is 11.4 Å². The minimum absolute atomic E-state index is 0.0750. The van der Waals surface area contributed by atoms with Gasteiger partial charge in [-0.05, 0) is 6.07 Å². The lowest BCUT2D eigenvalue weighted by molar-refractivity contribution is 0.0931. The molecule has 0 fully saturated rings. The number of carbonyl (C=O) groups is 2. The van der Waals surface area contributed by atoms with Crippen molar-refractivity contribution in [3.63, 3.8) is 0 Å². The van der Waals surface area contributed by atoms with E-state index in [1.165, 1.54) is 10.7 Å². The largest absolute Gasteiger partial charge is 0.389 e. The number of H-pyrrole nitrogens is 1. The molecule has 0 unspecified atom stereocenters. The molecule has 25 heavy (non-hydrogen) atoms. The smallest absolute Gasteiger partial charge is 0.272 e. The van der Waals surface area contributed by atoms with E-state index in [9.17, 15) is 14.7 Å². The summed E-state index contributed by atoms with van der Waals surface area (Å²) in [5, 5.41) is 26.3. The van der Waals surface area contributed by atoms with Crippen molar-refractivity contribution in [3.05, 3.63) is 34.9 Å². The van der Waals surface area contributed by atoms with Crippen LogP contribution in [0.3, 0.4) is 0 Å². The summed E-state index contributed by atoms with van der Waals surface area (Å²) in [6.07, 6.45) is -0.734. The van der Waals surface area contributed by atoms with Crippen molar-refractivity contribution in [1.82, 2.24) is 30.6 Å². The number of aromatic amines is 1. The van der Waals surface area contributed by atoms with Crippen LogP contribution in [0.1, 0.15) is 53.1 Å². The molecule has 0 saturated carbocycles. The van der Waals surface area contributed by atoms with Crippen molar-refractivity contribution in [2.24, 2.45) is 0 Å². The van der Waals surface area contributed by atoms with Crippen LogP contribution in [-0.2, 0) is 18.5 Å². The van der Waals surface area contributed by atoms with Crippen LogP contribution >= 0.6 is 0 Å². The summed E-state index contributed by atoms with van der Waals surface area (Å²) in [7, 11) is 0. The third kappa shape index (κ3) is 3.71. The van der Waals surface area contributed by atoms with Gasteiger partial charge in [-0.2, -0.15) is 10.2 Å². The van der Waals surface area contributed by atoms with Gasteiger partial charge >= 0.3 is 0 Å². The standard InChI is InChI=1S/C16H22N6O3/c1-16(2,3)13-4-9(19-20-13)6-17-14(24)11-5-12-15(25)18-7-10(23)8-22(12)21-11/h4-5,10,23H,6-8H2,1-3H3,(H,17,24)(H,18,25)(H,19,20)/t10-/m1/s1. The van der Waals surface area contributed by atoms with Gasteiger partial charge in [0.15, 0.2) is 5.69 Å². The maximum atomic E-state index is 12.3. The zero-order valence-electron chi connectivity index (χ0n) is 14.5. The second-order valence-corrected chi connectivity index (χ2v) is 7.17. The second kappa shape index (κ2) is 6.32. The number of hydrogen-bond donors (Lipinski definition) is 4. The van der Waals surface area contributed by atoms with Crippen molar-refractivity contribution >= 4 is 11.8 Å². The van der Waals surface area contributed by atoms with Crippen molar-refractivity contribution in [1.29, 1.82) is 0 Å². The average molecular weight is 346 g/mol. The Labute approximate surface area is 144 Å². The molecule has 1 aliphatic heterocycles. The molecule has 1 atom stereocenters. The van der Waals surface area contributed by atoms with Gasteiger partial charge in [-0.1, -0.05) is 20.8 Å². The number of aliphatic hydroxyl groups excluding tert-OH is 1. The van der Waals surface area contributed by atoms with Crippen LogP contribution in [-0.4, -0.2) is 49.5 Å². The first-order valence-corrected chi connectivity index (χ1v) is 8.11. The number of aromatic nitrogens is 4. The number of nitrogens with zero attached hydrogens (tertiary/aromatic N) is 3. The molecule has 2 amide bonds. The fourth-order valence-electron chi connectivity index (χ4n) is 2.52. The highest BCUT2D eigenvalue weighted by Crippen LogP contribution is 2.20. The van der Waals surface area contributed by atoms with E-state index in [2.05, 4.69) is 46.7 Å². The predicted molar refractivity (Wildman–Crippen MR) is 89.0 cm³/mol. The van der Waals surface area contributed by atoms with Crippen molar-refractivity contribution < 1.29 is 14.7 Å². The van der Waals surface area contributed by atoms with E-state index in [0.29, 0.717) is 0 Å². The van der Waals surface area contributed by atoms with Crippen LogP contribution in [0, 0.1) is 0 Å². The Morgan fingerprint density at radius 2 is 2.20 bits per heavy atom. The minimum Gasteiger partial charge on any atom is -0.389 e. The quantitative estimate of drug-likeness (QED) is 0.619. The van der Waals surface area contributed by atoms with Gasteiger partial charge in [0, 0.05) is 18.0 Å². The lowest BCUT2D eigenvalue weighted by Crippen LogP contribution is -2.30. The molecule has 3 heterocycles. The molecule has 0 saturated heterocycles. The van der Waals surface area contributed by atoms with E-state index >= 15 is 0 Å². The summed E-state index contributed by atoms with van der Waals surface area (Å²) in [5.74, 6) is -0.749. The Morgan fingerprint density at radius 1 is 1.44 bits per heavy atom. The molecule has 0 aliphatic carbocycles. The van der Waals surface area contributed by atoms with E-state index in [1.54, 1.807) is 0 Å². The molecule has 2 aromatic heterocycles. The minimum atomic E-state index is -0.734. The fourth-order valence-corrected chi connectivity index (χ4v) is 2.52. The lowest BCUT2D eigenvalue weighted by atomic mass is 9.92. The fraction of sp³-hybridized carbons (Fsp3) is 0.500. The van der Waals surface area contributed by atoms with Crippen LogP contribution < -0.4 is 10.6 Å². The van der Waals surface area contributed by atoms with E-state index in [-0.39, 0.29) is 42.3 Å². The highest BCUT2D eigenvalue weighted by atomic mass is 16.3. The summed E-state index contributed by atoms with van der Waals surface area (Å²) in [4.78, 5) is 24.2. The first-order valence-electron chi connectivity index (χ1n) is 8.11. The third-order valence-corrected chi connectivity index (χ3v) is 3.97. The molecule has 0 bridgehead atoms. The number of aliphatic hydroxyl groups is 1. The number of amides is 2. The number of nitrogens with one attached hydrogen (secondary N) is 3. The van der Waals surface area contributed by atoms with Gasteiger partial charge < -0.3 is 15.7 Å². The summed E-state index contributed by atoms with van der Waals surface area (Å²) in [6, 6.07) is 3.34. The molecule has 9 heteroatoms. The van der Waals surface area contributed by atoms with Crippen molar-refractivity contribution in [2.75, 3.05) is 6.54 Å². The first kappa shape index (κ1) is 17.2. The topological polar surface area (TPSA) is 125 Å². The van der Waals surface area contributed by atoms with Crippen LogP contribution in [0.25, 0.3) is 0 Å². The number of carbonyl (C=O) groups excluding carboxylic acids is 2. The molecule has 9 nitrogen and oxygen atoms in total. The number of β-amino-alcohol motifs (C(OH)–C–C–N with tert-alkyl or cyclic N) is 1. The van der Waals surface area contributed by atoms with Gasteiger partial charge in [-0.25, -0.2) is 0 Å². The summed E-state index contributed by atoms with van der Waals surface area (Å²) in [6.45, 7) is 6.78. The van der Waals surface area contributed by atoms with Gasteiger partial charge in [-0.15, -0.1) is 0 Å². The van der Waals surface area contributed by atoms with Gasteiger partial charge in [0.1, 0.15) is 5.69 Å². The van der Waals surface area contributed by atoms with E-state index in [1.807, 2.05) is 6.07 Å². The Kier molecular flexibility index (Phi) is 4.34. The molecule has 3 rings (SSSR count). The second-order valence-electron chi connectivity index (χ2n) is 7.17. The van der Waals surface area contributed by atoms with E-state index < -0.39 is 12.0 Å². The first-order chi connectivity index (χ1) is 11.7. The molecule has 0 radical (unpaired) electrons. The Morgan fingerprint density at radius 3 is 2.88 bits per heavy atom. The molecule has 0 spiro atoms. The average Bonchev–Trinajstić information content (AvgIpc) is 3.14. The van der Waals surface area contributed by atoms with Crippen LogP contribution in [0.2, 0.25) is 0 Å². The Bertz CT molecular complexity index is 801. The third-order valence-electron chi connectivity index (χ3n) is 3.97. The van der Waals surface area contributed by atoms with Gasteiger partial charge in [0.25, 0.3) is 11.8 Å². The van der Waals surface area contributed by atoms with Crippen LogP contribution in [0.4, 0.5) is 0 Å². The molecule has 4 N–H and O–H groups in total. The monoisotopic (exact) mass is 346 g/mol. The summed E-state index contributed by atoms with van der Waals surface area (Å²) >= 11 is 0. The van der Waals surface area contributed by atoms with Gasteiger partial charge in [0.05, 0.1) is 30.6 Å². The van der Waals surface area contributed by atoms with Crippen LogP contribution in [0.5, 0.6) is 0 Å². The molecular weight excluding hydrogens is 324 g/mol. The van der Waals surface area contributed by atoms with Crippen molar-refractivity contribution in [3.8, 4) is 0 Å². The SMILES string of the molecule is CC(C)(C)c1cc(CNC(=O)c2cc3n(n2)C[C@H](O)CNC3=O)[nH]n1. The predicted octanol–water partition coefficient (Wildman–Crippen LogP) is -0.0620. The highest BCUT2D eigenvalue weighted by Gasteiger charge is 2.24.